The van der Waals surface area contributed by atoms with E-state index in [0.717, 1.165) is 22.4 Å². The summed E-state index contributed by atoms with van der Waals surface area (Å²) in [6.45, 7) is 3.95. The molecule has 0 saturated heterocycles. The number of imidazole rings is 1. The van der Waals surface area contributed by atoms with Crippen LogP contribution in [0.1, 0.15) is 47.5 Å². The van der Waals surface area contributed by atoms with Crippen LogP contribution in [0.2, 0.25) is 0 Å². The molecule has 1 N–H and O–H groups in total. The minimum atomic E-state index is -1.05. The Hall–Kier alpha value is -3.70. The molecule has 5 heteroatoms. The van der Waals surface area contributed by atoms with E-state index in [0.29, 0.717) is 5.69 Å². The SMILES string of the molecule is CCOC(=O)CC(O)c1ncn(C(c2ccccc2)(c2ccccc2)c2ccccc2)c1C. The van der Waals surface area contributed by atoms with Gasteiger partial charge >= 0.3 is 5.97 Å². The highest BCUT2D eigenvalue weighted by Gasteiger charge is 2.40. The number of aliphatic hydroxyl groups is 1. The quantitative estimate of drug-likeness (QED) is 0.309. The van der Waals surface area contributed by atoms with Gasteiger partial charge in [0.15, 0.2) is 0 Å². The van der Waals surface area contributed by atoms with Gasteiger partial charge in [0, 0.05) is 5.69 Å². The largest absolute Gasteiger partial charge is 0.466 e. The molecular weight excluding hydrogens is 412 g/mol. The summed E-state index contributed by atoms with van der Waals surface area (Å²) >= 11 is 0. The zero-order valence-corrected chi connectivity index (χ0v) is 18.9. The van der Waals surface area contributed by atoms with Gasteiger partial charge in [0.1, 0.15) is 11.6 Å². The molecule has 1 aromatic heterocycles. The molecule has 0 fully saturated rings. The minimum Gasteiger partial charge on any atom is -0.466 e. The molecule has 0 aliphatic heterocycles. The first-order chi connectivity index (χ1) is 16.1. The van der Waals surface area contributed by atoms with Crippen LogP contribution in [-0.2, 0) is 15.1 Å². The Bertz CT molecular complexity index is 1090. The third-order valence-corrected chi connectivity index (χ3v) is 5.96. The molecule has 1 atom stereocenters. The van der Waals surface area contributed by atoms with Crippen molar-refractivity contribution in [3.05, 3.63) is 125 Å². The lowest BCUT2D eigenvalue weighted by Crippen LogP contribution is -2.38. The number of aromatic nitrogens is 2. The summed E-state index contributed by atoms with van der Waals surface area (Å²) in [7, 11) is 0. The fourth-order valence-corrected chi connectivity index (χ4v) is 4.52. The van der Waals surface area contributed by atoms with Gasteiger partial charge in [-0.15, -0.1) is 0 Å². The molecule has 0 amide bonds. The summed E-state index contributed by atoms with van der Waals surface area (Å²) in [5.41, 5.74) is 3.72. The van der Waals surface area contributed by atoms with E-state index in [1.165, 1.54) is 0 Å². The second-order valence-electron chi connectivity index (χ2n) is 7.92. The summed E-state index contributed by atoms with van der Waals surface area (Å²) < 4.78 is 7.12. The van der Waals surface area contributed by atoms with Crippen molar-refractivity contribution in [1.29, 1.82) is 0 Å². The van der Waals surface area contributed by atoms with E-state index in [2.05, 4.69) is 45.9 Å². The van der Waals surface area contributed by atoms with E-state index in [1.54, 1.807) is 13.3 Å². The molecule has 0 aliphatic carbocycles. The Morgan fingerprint density at radius 2 is 1.36 bits per heavy atom. The number of aliphatic hydroxyl groups excluding tert-OH is 1. The van der Waals surface area contributed by atoms with Crippen molar-refractivity contribution in [2.45, 2.75) is 31.9 Å². The first kappa shape index (κ1) is 22.5. The average Bonchev–Trinajstić information content (AvgIpc) is 3.23. The van der Waals surface area contributed by atoms with E-state index in [9.17, 15) is 9.90 Å². The number of hydrogen-bond donors (Lipinski definition) is 1. The summed E-state index contributed by atoms with van der Waals surface area (Å²) in [5.74, 6) is -0.445. The number of carbonyl (C=O) groups is 1. The topological polar surface area (TPSA) is 64.3 Å². The average molecular weight is 441 g/mol. The molecule has 1 unspecified atom stereocenters. The monoisotopic (exact) mass is 440 g/mol. The lowest BCUT2D eigenvalue weighted by molar-refractivity contribution is -0.145. The molecule has 4 rings (SSSR count). The van der Waals surface area contributed by atoms with Gasteiger partial charge in [0.2, 0.25) is 0 Å². The summed E-state index contributed by atoms with van der Waals surface area (Å²) in [4.78, 5) is 16.6. The third kappa shape index (κ3) is 4.20. The summed E-state index contributed by atoms with van der Waals surface area (Å²) in [6, 6.07) is 30.8. The number of benzene rings is 3. The third-order valence-electron chi connectivity index (χ3n) is 5.96. The van der Waals surface area contributed by atoms with E-state index in [1.807, 2.05) is 61.5 Å². The van der Waals surface area contributed by atoms with Gasteiger partial charge in [0.05, 0.1) is 25.0 Å². The molecule has 3 aromatic carbocycles. The van der Waals surface area contributed by atoms with Crippen LogP contribution in [0.15, 0.2) is 97.3 Å². The zero-order valence-electron chi connectivity index (χ0n) is 18.9. The van der Waals surface area contributed by atoms with Crippen molar-refractivity contribution in [3.63, 3.8) is 0 Å². The number of nitrogens with zero attached hydrogens (tertiary/aromatic N) is 2. The van der Waals surface area contributed by atoms with E-state index in [4.69, 9.17) is 4.74 Å². The van der Waals surface area contributed by atoms with E-state index < -0.39 is 17.6 Å². The highest BCUT2D eigenvalue weighted by molar-refractivity contribution is 5.70. The molecule has 1 heterocycles. The minimum absolute atomic E-state index is 0.138. The number of carbonyl (C=O) groups excluding carboxylic acids is 1. The normalized spacial score (nSPS) is 12.3. The molecule has 33 heavy (non-hydrogen) atoms. The Kier molecular flexibility index (Phi) is 6.71. The van der Waals surface area contributed by atoms with Crippen molar-refractivity contribution in [2.24, 2.45) is 0 Å². The van der Waals surface area contributed by atoms with Crippen LogP contribution < -0.4 is 0 Å². The van der Waals surface area contributed by atoms with Crippen LogP contribution in [0.4, 0.5) is 0 Å². The van der Waals surface area contributed by atoms with Crippen LogP contribution >= 0.6 is 0 Å². The molecular formula is C28H28N2O3. The van der Waals surface area contributed by atoms with Gasteiger partial charge in [-0.05, 0) is 30.5 Å². The van der Waals surface area contributed by atoms with Crippen LogP contribution in [0, 0.1) is 6.92 Å². The molecule has 0 radical (unpaired) electrons. The second-order valence-corrected chi connectivity index (χ2v) is 7.92. The Morgan fingerprint density at radius 1 is 0.909 bits per heavy atom. The van der Waals surface area contributed by atoms with Crippen molar-refractivity contribution in [1.82, 2.24) is 9.55 Å². The maximum absolute atomic E-state index is 12.0. The van der Waals surface area contributed by atoms with Crippen molar-refractivity contribution in [2.75, 3.05) is 6.61 Å². The van der Waals surface area contributed by atoms with Gasteiger partial charge in [-0.25, -0.2) is 4.98 Å². The molecule has 168 valence electrons. The van der Waals surface area contributed by atoms with Gasteiger partial charge in [-0.3, -0.25) is 4.79 Å². The van der Waals surface area contributed by atoms with Crippen LogP contribution in [0.25, 0.3) is 0 Å². The maximum Gasteiger partial charge on any atom is 0.308 e. The number of rotatable bonds is 8. The van der Waals surface area contributed by atoms with Crippen LogP contribution in [0.3, 0.4) is 0 Å². The van der Waals surface area contributed by atoms with Crippen LogP contribution in [0.5, 0.6) is 0 Å². The number of hydrogen-bond acceptors (Lipinski definition) is 4. The second kappa shape index (κ2) is 9.84. The Balaban J connectivity index is 1.96. The highest BCUT2D eigenvalue weighted by atomic mass is 16.5. The Labute approximate surface area is 194 Å². The van der Waals surface area contributed by atoms with Crippen molar-refractivity contribution < 1.29 is 14.6 Å². The Morgan fingerprint density at radius 3 is 1.79 bits per heavy atom. The molecule has 5 nitrogen and oxygen atoms in total. The fraction of sp³-hybridized carbons (Fsp3) is 0.214. The smallest absolute Gasteiger partial charge is 0.308 e. The molecule has 0 bridgehead atoms. The number of esters is 1. The first-order valence-corrected chi connectivity index (χ1v) is 11.1. The van der Waals surface area contributed by atoms with Gasteiger partial charge in [0.25, 0.3) is 0 Å². The predicted octanol–water partition coefficient (Wildman–Crippen LogP) is 5.02. The molecule has 0 aliphatic rings. The molecule has 4 aromatic rings. The molecule has 0 spiro atoms. The molecule has 0 saturated carbocycles. The van der Waals surface area contributed by atoms with Gasteiger partial charge in [-0.1, -0.05) is 91.0 Å². The van der Waals surface area contributed by atoms with Gasteiger partial charge in [-0.2, -0.15) is 0 Å². The van der Waals surface area contributed by atoms with Crippen LogP contribution in [-0.4, -0.2) is 27.2 Å². The first-order valence-electron chi connectivity index (χ1n) is 11.1. The van der Waals surface area contributed by atoms with Crippen molar-refractivity contribution in [3.8, 4) is 0 Å². The maximum atomic E-state index is 12.0. The summed E-state index contributed by atoms with van der Waals surface area (Å²) in [6.07, 6.45) is 0.567. The standard InChI is InChI=1S/C28H28N2O3/c1-3-33-26(32)19-25(31)27-21(2)30(20-29-27)28(22-13-7-4-8-14-22,23-15-9-5-10-16-23)24-17-11-6-12-18-24/h4-18,20,25,31H,3,19H2,1-2H3. The summed E-state index contributed by atoms with van der Waals surface area (Å²) in [5, 5.41) is 10.8. The van der Waals surface area contributed by atoms with E-state index in [-0.39, 0.29) is 13.0 Å². The number of ether oxygens (including phenoxy) is 1. The van der Waals surface area contributed by atoms with Gasteiger partial charge < -0.3 is 14.4 Å². The highest BCUT2D eigenvalue weighted by Crippen LogP contribution is 2.42. The fourth-order valence-electron chi connectivity index (χ4n) is 4.52. The van der Waals surface area contributed by atoms with Crippen molar-refractivity contribution >= 4 is 5.97 Å². The van der Waals surface area contributed by atoms with E-state index >= 15 is 0 Å². The lowest BCUT2D eigenvalue weighted by Gasteiger charge is -2.38. The lowest BCUT2D eigenvalue weighted by atomic mass is 9.76. The zero-order chi connectivity index (χ0) is 23.3. The predicted molar refractivity (Wildman–Crippen MR) is 128 cm³/mol.